The molecule has 0 atom stereocenters. The highest BCUT2D eigenvalue weighted by Crippen LogP contribution is 2.24. The Morgan fingerprint density at radius 1 is 1.41 bits per heavy atom. The number of carbonyl (C=O) groups is 1. The van der Waals surface area contributed by atoms with Gasteiger partial charge in [0.05, 0.1) is 12.3 Å². The summed E-state index contributed by atoms with van der Waals surface area (Å²) in [5.41, 5.74) is 0.705. The fourth-order valence-corrected chi connectivity index (χ4v) is 1.98. The average Bonchev–Trinajstić information content (AvgIpc) is 2.83. The number of benzene rings is 1. The minimum Gasteiger partial charge on any atom is -0.492 e. The van der Waals surface area contributed by atoms with E-state index in [1.165, 1.54) is 10.7 Å². The van der Waals surface area contributed by atoms with Crippen LogP contribution in [0.2, 0.25) is 0 Å². The Bertz CT molecular complexity index is 656. The van der Waals surface area contributed by atoms with Crippen LogP contribution in [0.15, 0.2) is 30.3 Å². The summed E-state index contributed by atoms with van der Waals surface area (Å²) in [7, 11) is 0. The first-order valence-corrected chi connectivity index (χ1v) is 6.85. The molecule has 7 heteroatoms. The number of aryl methyl sites for hydroxylation is 1. The van der Waals surface area contributed by atoms with Gasteiger partial charge in [0.25, 0.3) is 6.43 Å². The quantitative estimate of drug-likeness (QED) is 0.891. The van der Waals surface area contributed by atoms with Gasteiger partial charge in [-0.1, -0.05) is 12.1 Å². The maximum atomic E-state index is 12.6. The van der Waals surface area contributed by atoms with Crippen molar-refractivity contribution in [2.75, 3.05) is 11.9 Å². The number of anilines is 1. The summed E-state index contributed by atoms with van der Waals surface area (Å²) < 4.78 is 31.8. The number of hydrogen-bond donors (Lipinski definition) is 1. The molecule has 0 fully saturated rings. The third kappa shape index (κ3) is 3.81. The number of rotatable bonds is 6. The van der Waals surface area contributed by atoms with Gasteiger partial charge in [-0.05, 0) is 32.0 Å². The first-order valence-electron chi connectivity index (χ1n) is 6.85. The van der Waals surface area contributed by atoms with Gasteiger partial charge in [-0.25, -0.2) is 8.78 Å². The number of carbonyl (C=O) groups excluding carboxylic acids is 1. The molecule has 0 saturated carbocycles. The van der Waals surface area contributed by atoms with Gasteiger partial charge in [-0.2, -0.15) is 5.10 Å². The van der Waals surface area contributed by atoms with Gasteiger partial charge < -0.3 is 10.1 Å². The number of ether oxygens (including phenoxy) is 1. The van der Waals surface area contributed by atoms with E-state index in [4.69, 9.17) is 4.74 Å². The monoisotopic (exact) mass is 309 g/mol. The number of amides is 1. The number of nitrogens with zero attached hydrogens (tertiary/aromatic N) is 2. The van der Waals surface area contributed by atoms with E-state index >= 15 is 0 Å². The summed E-state index contributed by atoms with van der Waals surface area (Å²) in [6, 6.07) is 8.29. The molecule has 1 aromatic heterocycles. The van der Waals surface area contributed by atoms with Gasteiger partial charge >= 0.3 is 0 Å². The molecule has 5 nitrogen and oxygen atoms in total. The SMILES string of the molecule is CCOc1ccccc1NC(=O)Cn1nc(C(F)F)cc1C. The molecular weight excluding hydrogens is 292 g/mol. The van der Waals surface area contributed by atoms with Crippen molar-refractivity contribution < 1.29 is 18.3 Å². The predicted molar refractivity (Wildman–Crippen MR) is 78.2 cm³/mol. The third-order valence-corrected chi connectivity index (χ3v) is 2.98. The lowest BCUT2D eigenvalue weighted by molar-refractivity contribution is -0.117. The molecule has 0 aliphatic heterocycles. The second-order valence-electron chi connectivity index (χ2n) is 4.65. The molecule has 1 N–H and O–H groups in total. The lowest BCUT2D eigenvalue weighted by Crippen LogP contribution is -2.20. The van der Waals surface area contributed by atoms with Crippen LogP contribution >= 0.6 is 0 Å². The molecule has 2 aromatic rings. The molecule has 1 heterocycles. The number of nitrogens with one attached hydrogen (secondary N) is 1. The minimum atomic E-state index is -2.65. The number of aromatic nitrogens is 2. The van der Waals surface area contributed by atoms with Crippen molar-refractivity contribution in [1.82, 2.24) is 9.78 Å². The van der Waals surface area contributed by atoms with Gasteiger partial charge in [-0.3, -0.25) is 9.48 Å². The van der Waals surface area contributed by atoms with Crippen molar-refractivity contribution in [3.63, 3.8) is 0 Å². The Balaban J connectivity index is 2.07. The number of alkyl halides is 2. The number of hydrogen-bond acceptors (Lipinski definition) is 3. The topological polar surface area (TPSA) is 56.1 Å². The molecule has 0 spiro atoms. The highest BCUT2D eigenvalue weighted by molar-refractivity contribution is 5.92. The van der Waals surface area contributed by atoms with Crippen LogP contribution in [-0.4, -0.2) is 22.3 Å². The van der Waals surface area contributed by atoms with Gasteiger partial charge in [0, 0.05) is 5.69 Å². The molecule has 1 aromatic carbocycles. The van der Waals surface area contributed by atoms with Gasteiger partial charge in [0.1, 0.15) is 18.0 Å². The molecule has 2 rings (SSSR count). The molecule has 118 valence electrons. The summed E-state index contributed by atoms with van der Waals surface area (Å²) in [5, 5.41) is 6.42. The van der Waals surface area contributed by atoms with Crippen LogP contribution in [0.4, 0.5) is 14.5 Å². The van der Waals surface area contributed by atoms with Crippen LogP contribution in [0.5, 0.6) is 5.75 Å². The summed E-state index contributed by atoms with van der Waals surface area (Å²) in [6.45, 7) is 3.81. The summed E-state index contributed by atoms with van der Waals surface area (Å²) >= 11 is 0. The third-order valence-electron chi connectivity index (χ3n) is 2.98. The summed E-state index contributed by atoms with van der Waals surface area (Å²) in [6.07, 6.45) is -2.65. The van der Waals surface area contributed by atoms with Crippen molar-refractivity contribution in [3.05, 3.63) is 41.7 Å². The van der Waals surface area contributed by atoms with Crippen LogP contribution in [-0.2, 0) is 11.3 Å². The average molecular weight is 309 g/mol. The maximum Gasteiger partial charge on any atom is 0.282 e. The minimum absolute atomic E-state index is 0.140. The Morgan fingerprint density at radius 3 is 2.77 bits per heavy atom. The maximum absolute atomic E-state index is 12.6. The number of halogens is 2. The fraction of sp³-hybridized carbons (Fsp3) is 0.333. The molecule has 0 radical (unpaired) electrons. The fourth-order valence-electron chi connectivity index (χ4n) is 1.98. The Morgan fingerprint density at radius 2 is 2.14 bits per heavy atom. The van der Waals surface area contributed by atoms with Crippen molar-refractivity contribution in [2.24, 2.45) is 0 Å². The first kappa shape index (κ1) is 15.9. The molecule has 0 saturated heterocycles. The van der Waals surface area contributed by atoms with E-state index in [0.29, 0.717) is 23.7 Å². The van der Waals surface area contributed by atoms with Crippen LogP contribution < -0.4 is 10.1 Å². The summed E-state index contributed by atoms with van der Waals surface area (Å²) in [5.74, 6) is 0.197. The van der Waals surface area contributed by atoms with Gasteiger partial charge in [0.15, 0.2) is 0 Å². The predicted octanol–water partition coefficient (Wildman–Crippen LogP) is 3.17. The van der Waals surface area contributed by atoms with Crippen LogP contribution in [0.3, 0.4) is 0 Å². The Labute approximate surface area is 126 Å². The second-order valence-corrected chi connectivity index (χ2v) is 4.65. The van der Waals surface area contributed by atoms with Crippen LogP contribution in [0.1, 0.15) is 24.7 Å². The lowest BCUT2D eigenvalue weighted by Gasteiger charge is -2.11. The van der Waals surface area contributed by atoms with E-state index in [1.807, 2.05) is 6.92 Å². The van der Waals surface area contributed by atoms with Crippen molar-refractivity contribution in [3.8, 4) is 5.75 Å². The van der Waals surface area contributed by atoms with E-state index in [0.717, 1.165) is 0 Å². The van der Waals surface area contributed by atoms with Crippen LogP contribution in [0, 0.1) is 6.92 Å². The molecule has 0 aliphatic rings. The van der Waals surface area contributed by atoms with Crippen molar-refractivity contribution >= 4 is 11.6 Å². The smallest absolute Gasteiger partial charge is 0.282 e. The largest absolute Gasteiger partial charge is 0.492 e. The summed E-state index contributed by atoms with van der Waals surface area (Å²) in [4.78, 5) is 12.1. The Hall–Kier alpha value is -2.44. The molecule has 0 aliphatic carbocycles. The zero-order chi connectivity index (χ0) is 16.1. The standard InChI is InChI=1S/C15H17F2N3O2/c1-3-22-13-7-5-4-6-11(13)18-14(21)9-20-10(2)8-12(19-20)15(16)17/h4-8,15H,3,9H2,1-2H3,(H,18,21). The van der Waals surface area contributed by atoms with Crippen molar-refractivity contribution in [2.45, 2.75) is 26.8 Å². The van der Waals surface area contributed by atoms with Gasteiger partial charge in [0.2, 0.25) is 5.91 Å². The zero-order valence-corrected chi connectivity index (χ0v) is 12.3. The lowest BCUT2D eigenvalue weighted by atomic mass is 10.3. The normalized spacial score (nSPS) is 10.8. The Kier molecular flexibility index (Phi) is 5.08. The molecule has 1 amide bonds. The van der Waals surface area contributed by atoms with Crippen molar-refractivity contribution in [1.29, 1.82) is 0 Å². The van der Waals surface area contributed by atoms with E-state index in [-0.39, 0.29) is 18.1 Å². The first-order chi connectivity index (χ1) is 10.5. The molecule has 0 unspecified atom stereocenters. The van der Waals surface area contributed by atoms with E-state index in [1.54, 1.807) is 31.2 Å². The van der Waals surface area contributed by atoms with Gasteiger partial charge in [-0.15, -0.1) is 0 Å². The molecular formula is C15H17F2N3O2. The van der Waals surface area contributed by atoms with E-state index < -0.39 is 6.43 Å². The zero-order valence-electron chi connectivity index (χ0n) is 12.3. The molecule has 0 bridgehead atoms. The van der Waals surface area contributed by atoms with E-state index in [9.17, 15) is 13.6 Å². The van der Waals surface area contributed by atoms with E-state index in [2.05, 4.69) is 10.4 Å². The van der Waals surface area contributed by atoms with Crippen LogP contribution in [0.25, 0.3) is 0 Å². The second kappa shape index (κ2) is 7.02. The number of para-hydroxylation sites is 2. The highest BCUT2D eigenvalue weighted by atomic mass is 19.3. The molecule has 22 heavy (non-hydrogen) atoms. The highest BCUT2D eigenvalue weighted by Gasteiger charge is 2.15.